The normalized spacial score (nSPS) is 13.8. The van der Waals surface area contributed by atoms with Gasteiger partial charge in [-0.05, 0) is 74.1 Å². The molecule has 7 rings (SSSR count). The van der Waals surface area contributed by atoms with Crippen molar-refractivity contribution in [3.8, 4) is 44.9 Å². The average Bonchev–Trinajstić information content (AvgIpc) is 3.24. The van der Waals surface area contributed by atoms with E-state index in [0.29, 0.717) is 5.56 Å². The first-order valence-electron chi connectivity index (χ1n) is 22.8. The van der Waals surface area contributed by atoms with Gasteiger partial charge in [0.1, 0.15) is 0 Å². The van der Waals surface area contributed by atoms with E-state index in [-0.39, 0.29) is 71.6 Å². The number of aryl methyl sites for hydroxylation is 1. The summed E-state index contributed by atoms with van der Waals surface area (Å²) >= 11 is 0. The van der Waals surface area contributed by atoms with E-state index in [9.17, 15) is 0 Å². The minimum absolute atomic E-state index is 0. The minimum Gasteiger partial charge on any atom is -0.305 e. The van der Waals surface area contributed by atoms with Crippen LogP contribution in [0.4, 0.5) is 0 Å². The molecule has 0 bridgehead atoms. The van der Waals surface area contributed by atoms with Gasteiger partial charge in [0.25, 0.3) is 0 Å². The summed E-state index contributed by atoms with van der Waals surface area (Å²) < 4.78 is 66.6. The monoisotopic (exact) mass is 951 g/mol. The summed E-state index contributed by atoms with van der Waals surface area (Å²) in [7, 11) is -1.23. The topological polar surface area (TPSA) is 38.7 Å². The Labute approximate surface area is 368 Å². The molecule has 0 saturated heterocycles. The molecule has 3 nitrogen and oxygen atoms in total. The van der Waals surface area contributed by atoms with Crippen molar-refractivity contribution >= 4 is 13.3 Å². The fraction of sp³-hybridized carbons (Fsp3) is 0.250. The summed E-state index contributed by atoms with van der Waals surface area (Å²) in [4.78, 5) is 13.2. The first-order valence-corrected chi connectivity index (χ1v) is 22.3. The average molecular weight is 951 g/mol. The second-order valence-corrected chi connectivity index (χ2v) is 21.6. The summed E-state index contributed by atoms with van der Waals surface area (Å²) in [5.74, 6) is 0. The number of pyridine rings is 3. The molecule has 4 aromatic carbocycles. The minimum atomic E-state index is -2.62. The maximum Gasteiger partial charge on any atom is 3.00 e. The predicted octanol–water partition coefficient (Wildman–Crippen LogP) is 13.1. The van der Waals surface area contributed by atoms with Gasteiger partial charge in [-0.15, -0.1) is 108 Å². The van der Waals surface area contributed by atoms with Crippen LogP contribution in [0.15, 0.2) is 146 Å². The number of nitrogens with zero attached hydrogens (tertiary/aromatic N) is 3. The quantitative estimate of drug-likeness (QED) is 0.123. The van der Waals surface area contributed by atoms with Crippen LogP contribution < -0.4 is 5.19 Å². The van der Waals surface area contributed by atoms with Gasteiger partial charge >= 0.3 is 20.1 Å². The van der Waals surface area contributed by atoms with Crippen molar-refractivity contribution in [1.29, 1.82) is 0 Å². The molecule has 3 heterocycles. The van der Waals surface area contributed by atoms with E-state index in [2.05, 4.69) is 97.8 Å². The molecule has 0 radical (unpaired) electrons. The third-order valence-corrected chi connectivity index (χ3v) is 10.6. The summed E-state index contributed by atoms with van der Waals surface area (Å²) in [6.45, 7) is 16.1. The molecule has 0 atom stereocenters. The van der Waals surface area contributed by atoms with Gasteiger partial charge in [0.05, 0.1) is 12.2 Å². The molecule has 5 heteroatoms. The Balaban J connectivity index is 0.000000234. The van der Waals surface area contributed by atoms with Gasteiger partial charge in [0.15, 0.2) is 0 Å². The number of hydrogen-bond donors (Lipinski definition) is 0. The zero-order valence-corrected chi connectivity index (χ0v) is 37.7. The molecule has 0 aliphatic carbocycles. The van der Waals surface area contributed by atoms with Crippen molar-refractivity contribution in [2.75, 3.05) is 0 Å². The fourth-order valence-electron chi connectivity index (χ4n) is 5.42. The van der Waals surface area contributed by atoms with Crippen LogP contribution in [0.5, 0.6) is 0 Å². The number of rotatable bonds is 6. The van der Waals surface area contributed by atoms with Crippen molar-refractivity contribution in [2.45, 2.75) is 79.8 Å². The van der Waals surface area contributed by atoms with E-state index in [4.69, 9.17) is 11.0 Å². The standard InChI is InChI=1S/C23H24N.C15H16N.C14H16NSi.Ir/c1-17-16-24-22(20-8-6-5-7-9-20)14-21(17)19-12-10-18(11-13-19)15-23(2,3)4;1-15(2,3)13-9-10-14(16-11-13)12-7-5-4-6-8-12;1-16(2,3)13-9-10-14(15-11-13)12-7-5-4-6-8-12;/h5-8,10-14,16H,15H2,1-4H3;2*4-7,9-11H,1-3H3;/q3*-1;+3/i1D3,12D,13D,14D,15D2;;;. The second kappa shape index (κ2) is 20.1. The van der Waals surface area contributed by atoms with Crippen LogP contribution in [-0.2, 0) is 31.9 Å². The Morgan fingerprint density at radius 2 is 1.14 bits per heavy atom. The fourth-order valence-corrected chi connectivity index (χ4v) is 6.45. The Morgan fingerprint density at radius 1 is 0.632 bits per heavy atom. The van der Waals surface area contributed by atoms with Crippen LogP contribution in [0, 0.1) is 30.5 Å². The molecule has 0 aliphatic heterocycles. The molecule has 0 fully saturated rings. The van der Waals surface area contributed by atoms with Crippen molar-refractivity contribution in [1.82, 2.24) is 15.0 Å². The Kier molecular flexibility index (Phi) is 12.1. The largest absolute Gasteiger partial charge is 3.00 e. The van der Waals surface area contributed by atoms with E-state index >= 15 is 0 Å². The molecule has 57 heavy (non-hydrogen) atoms. The van der Waals surface area contributed by atoms with Gasteiger partial charge < -0.3 is 15.0 Å². The summed E-state index contributed by atoms with van der Waals surface area (Å²) in [5.41, 5.74) is 5.25. The molecule has 0 unspecified atom stereocenters. The molecule has 0 aliphatic rings. The predicted molar refractivity (Wildman–Crippen MR) is 241 cm³/mol. The second-order valence-electron chi connectivity index (χ2n) is 16.5. The van der Waals surface area contributed by atoms with Gasteiger partial charge in [-0.25, -0.2) is 0 Å². The van der Waals surface area contributed by atoms with Crippen LogP contribution in [-0.4, -0.2) is 23.0 Å². The van der Waals surface area contributed by atoms with Crippen LogP contribution in [0.1, 0.15) is 69.2 Å². The zero-order chi connectivity index (χ0) is 47.3. The molecule has 292 valence electrons. The van der Waals surface area contributed by atoms with Gasteiger partial charge in [0, 0.05) is 25.4 Å². The van der Waals surface area contributed by atoms with Crippen molar-refractivity contribution in [3.05, 3.63) is 181 Å². The molecule has 0 amide bonds. The van der Waals surface area contributed by atoms with Crippen LogP contribution >= 0.6 is 0 Å². The number of hydrogen-bond acceptors (Lipinski definition) is 3. The van der Waals surface area contributed by atoms with E-state index in [1.54, 1.807) is 45.0 Å². The third-order valence-electron chi connectivity index (χ3n) is 8.54. The number of aromatic nitrogens is 3. The maximum absolute atomic E-state index is 8.74. The van der Waals surface area contributed by atoms with E-state index in [0.717, 1.165) is 28.7 Å². The Bertz CT molecular complexity index is 2510. The summed E-state index contributed by atoms with van der Waals surface area (Å²) in [5, 5.41) is 1.40. The van der Waals surface area contributed by atoms with Gasteiger partial charge in [0.2, 0.25) is 0 Å². The molecule has 0 spiro atoms. The van der Waals surface area contributed by atoms with E-state index < -0.39 is 26.7 Å². The van der Waals surface area contributed by atoms with Gasteiger partial charge in [-0.3, -0.25) is 0 Å². The third kappa shape index (κ3) is 13.7. The molecule has 0 saturated carbocycles. The SMILES string of the molecule is CC(C)(C)c1ccc(-c2[c-]cccc2)nc1.C[Si](C)(C)c1ccc(-c2[c-]cccc2)nc1.[2H]c1cc(C([2H])([2H])C(C)(C)C)cc([2H])c1-c1c(C([2H])([2H])[2H])cnc(-c2[c-]cccc2)c1[2H].[Ir+3]. The van der Waals surface area contributed by atoms with Gasteiger partial charge in [-0.2, -0.15) is 0 Å². The molecule has 3 aromatic heterocycles. The van der Waals surface area contributed by atoms with Crippen LogP contribution in [0.2, 0.25) is 19.6 Å². The van der Waals surface area contributed by atoms with E-state index in [1.165, 1.54) is 22.9 Å². The summed E-state index contributed by atoms with van der Waals surface area (Å²) in [6.07, 6.45) is 3.31. The molecule has 0 N–H and O–H groups in total. The maximum atomic E-state index is 8.74. The first kappa shape index (κ1) is 34.3. The van der Waals surface area contributed by atoms with E-state index in [1.807, 2.05) is 60.9 Å². The Morgan fingerprint density at radius 3 is 1.54 bits per heavy atom. The smallest absolute Gasteiger partial charge is 0.305 e. The van der Waals surface area contributed by atoms with Gasteiger partial charge in [-0.1, -0.05) is 116 Å². The van der Waals surface area contributed by atoms with Crippen LogP contribution in [0.25, 0.3) is 44.9 Å². The van der Waals surface area contributed by atoms with Crippen molar-refractivity contribution in [3.63, 3.8) is 0 Å². The van der Waals surface area contributed by atoms with Crippen molar-refractivity contribution in [2.24, 2.45) is 5.41 Å². The van der Waals surface area contributed by atoms with Crippen LogP contribution in [0.3, 0.4) is 0 Å². The first-order chi connectivity index (χ1) is 29.8. The molecule has 7 aromatic rings. The molecular formula is C52H56IrN3Si. The number of benzene rings is 4. The molecular weight excluding hydrogens is 887 g/mol. The van der Waals surface area contributed by atoms with Crippen molar-refractivity contribution < 1.29 is 31.1 Å². The zero-order valence-electron chi connectivity index (χ0n) is 42.3. The summed E-state index contributed by atoms with van der Waals surface area (Å²) in [6, 6.07) is 42.6. The Hall–Kier alpha value is -4.80.